The van der Waals surface area contributed by atoms with Gasteiger partial charge in [-0.25, -0.2) is 4.39 Å². The summed E-state index contributed by atoms with van der Waals surface area (Å²) in [6, 6.07) is 7.88. The normalized spacial score (nSPS) is 10.8. The van der Waals surface area contributed by atoms with E-state index in [0.29, 0.717) is 29.5 Å². The largest absolute Gasteiger partial charge is 0.356 e. The highest BCUT2D eigenvalue weighted by Gasteiger charge is 2.13. The molecule has 0 fully saturated rings. The van der Waals surface area contributed by atoms with Crippen molar-refractivity contribution in [3.63, 3.8) is 0 Å². The van der Waals surface area contributed by atoms with E-state index in [9.17, 15) is 9.18 Å². The molecule has 0 aliphatic rings. The van der Waals surface area contributed by atoms with Gasteiger partial charge in [-0.1, -0.05) is 31.1 Å². The van der Waals surface area contributed by atoms with Gasteiger partial charge in [0.2, 0.25) is 5.91 Å². The van der Waals surface area contributed by atoms with Crippen LogP contribution in [-0.4, -0.2) is 17.6 Å². The molecule has 0 bridgehead atoms. The monoisotopic (exact) mass is 276 g/mol. The minimum Gasteiger partial charge on any atom is -0.356 e. The molecule has 5 heteroatoms. The molecular formula is C15H17FN2O2. The van der Waals surface area contributed by atoms with Crippen LogP contribution in [-0.2, 0) is 11.2 Å². The summed E-state index contributed by atoms with van der Waals surface area (Å²) in [5.41, 5.74) is 0.832. The van der Waals surface area contributed by atoms with Gasteiger partial charge in [0.1, 0.15) is 5.82 Å². The fourth-order valence-corrected chi connectivity index (χ4v) is 1.73. The van der Waals surface area contributed by atoms with Crippen molar-refractivity contribution < 1.29 is 13.7 Å². The lowest BCUT2D eigenvalue weighted by Crippen LogP contribution is -2.28. The van der Waals surface area contributed by atoms with E-state index < -0.39 is 0 Å². The maximum Gasteiger partial charge on any atom is 0.226 e. The van der Waals surface area contributed by atoms with Crippen molar-refractivity contribution in [1.82, 2.24) is 10.5 Å². The van der Waals surface area contributed by atoms with Crippen LogP contribution in [0.25, 0.3) is 11.3 Å². The third-order valence-corrected chi connectivity index (χ3v) is 2.75. The second kappa shape index (κ2) is 6.32. The molecule has 1 aromatic carbocycles. The molecule has 1 aromatic heterocycles. The number of amides is 1. The topological polar surface area (TPSA) is 55.1 Å². The standard InChI is InChI=1S/C15H17FN2O2/c1-10(2)9-17-15(19)8-11-7-14(20-18-11)12-5-3-4-6-13(12)16/h3-7,10H,8-9H2,1-2H3,(H,17,19). The summed E-state index contributed by atoms with van der Waals surface area (Å²) in [7, 11) is 0. The highest BCUT2D eigenvalue weighted by Crippen LogP contribution is 2.23. The van der Waals surface area contributed by atoms with Crippen molar-refractivity contribution in [3.05, 3.63) is 41.8 Å². The van der Waals surface area contributed by atoms with Crippen LogP contribution in [0.2, 0.25) is 0 Å². The number of rotatable bonds is 5. The fourth-order valence-electron chi connectivity index (χ4n) is 1.73. The number of nitrogens with one attached hydrogen (secondary N) is 1. The second-order valence-corrected chi connectivity index (χ2v) is 5.04. The lowest BCUT2D eigenvalue weighted by Gasteiger charge is -2.05. The SMILES string of the molecule is CC(C)CNC(=O)Cc1cc(-c2ccccc2F)on1. The molecule has 1 amide bonds. The summed E-state index contributed by atoms with van der Waals surface area (Å²) in [4.78, 5) is 11.7. The van der Waals surface area contributed by atoms with E-state index in [1.54, 1.807) is 24.3 Å². The number of nitrogens with zero attached hydrogens (tertiary/aromatic N) is 1. The summed E-state index contributed by atoms with van der Waals surface area (Å²) in [6.45, 7) is 4.66. The maximum absolute atomic E-state index is 13.6. The van der Waals surface area contributed by atoms with Gasteiger partial charge in [-0.2, -0.15) is 0 Å². The first-order valence-electron chi connectivity index (χ1n) is 6.53. The third-order valence-electron chi connectivity index (χ3n) is 2.75. The smallest absolute Gasteiger partial charge is 0.226 e. The Bertz CT molecular complexity index is 593. The number of hydrogen-bond donors (Lipinski definition) is 1. The minimum atomic E-state index is -0.376. The molecule has 0 radical (unpaired) electrons. The molecule has 2 aromatic rings. The molecule has 2 rings (SSSR count). The lowest BCUT2D eigenvalue weighted by molar-refractivity contribution is -0.120. The molecule has 20 heavy (non-hydrogen) atoms. The van der Waals surface area contributed by atoms with Gasteiger partial charge in [0.15, 0.2) is 5.76 Å². The Morgan fingerprint density at radius 3 is 2.85 bits per heavy atom. The van der Waals surface area contributed by atoms with Gasteiger partial charge >= 0.3 is 0 Å². The van der Waals surface area contributed by atoms with E-state index in [1.807, 2.05) is 13.8 Å². The van der Waals surface area contributed by atoms with Crippen LogP contribution in [0.15, 0.2) is 34.9 Å². The zero-order chi connectivity index (χ0) is 14.5. The molecule has 0 atom stereocenters. The summed E-state index contributed by atoms with van der Waals surface area (Å²) in [5, 5.41) is 6.59. The Labute approximate surface area is 117 Å². The zero-order valence-electron chi connectivity index (χ0n) is 11.5. The Hall–Kier alpha value is -2.17. The van der Waals surface area contributed by atoms with E-state index >= 15 is 0 Å². The predicted octanol–water partition coefficient (Wildman–Crippen LogP) is 2.80. The van der Waals surface area contributed by atoms with Gasteiger partial charge in [-0.15, -0.1) is 0 Å². The van der Waals surface area contributed by atoms with Gasteiger partial charge in [0.05, 0.1) is 17.7 Å². The highest BCUT2D eigenvalue weighted by atomic mass is 19.1. The fraction of sp³-hybridized carbons (Fsp3) is 0.333. The van der Waals surface area contributed by atoms with Crippen LogP contribution >= 0.6 is 0 Å². The Morgan fingerprint density at radius 1 is 1.40 bits per heavy atom. The summed E-state index contributed by atoms with van der Waals surface area (Å²) < 4.78 is 18.7. The summed E-state index contributed by atoms with van der Waals surface area (Å²) in [5.74, 6) is 0.228. The first kappa shape index (κ1) is 14.2. The molecule has 0 saturated heterocycles. The van der Waals surface area contributed by atoms with Gasteiger partial charge in [-0.05, 0) is 18.1 Å². The molecule has 106 valence electrons. The number of halogens is 1. The first-order chi connectivity index (χ1) is 9.56. The molecular weight excluding hydrogens is 259 g/mol. The molecule has 1 N–H and O–H groups in total. The van der Waals surface area contributed by atoms with E-state index in [1.165, 1.54) is 6.07 Å². The van der Waals surface area contributed by atoms with Crippen molar-refractivity contribution >= 4 is 5.91 Å². The van der Waals surface area contributed by atoms with Crippen LogP contribution in [0, 0.1) is 11.7 Å². The number of carbonyl (C=O) groups excluding carboxylic acids is 1. The van der Waals surface area contributed by atoms with E-state index in [0.717, 1.165) is 0 Å². The Balaban J connectivity index is 2.03. The summed E-state index contributed by atoms with van der Waals surface area (Å²) in [6.07, 6.45) is 0.130. The van der Waals surface area contributed by atoms with Gasteiger partial charge < -0.3 is 9.84 Å². The average Bonchev–Trinajstić information content (AvgIpc) is 2.85. The second-order valence-electron chi connectivity index (χ2n) is 5.04. The van der Waals surface area contributed by atoms with Crippen molar-refractivity contribution in [2.75, 3.05) is 6.54 Å². The molecule has 0 saturated carbocycles. The quantitative estimate of drug-likeness (QED) is 0.913. The number of aromatic nitrogens is 1. The van der Waals surface area contributed by atoms with E-state index in [-0.39, 0.29) is 18.1 Å². The lowest BCUT2D eigenvalue weighted by atomic mass is 10.1. The average molecular weight is 276 g/mol. The summed E-state index contributed by atoms with van der Waals surface area (Å²) >= 11 is 0. The van der Waals surface area contributed by atoms with Crippen molar-refractivity contribution in [2.24, 2.45) is 5.92 Å². The maximum atomic E-state index is 13.6. The van der Waals surface area contributed by atoms with E-state index in [2.05, 4.69) is 10.5 Å². The van der Waals surface area contributed by atoms with E-state index in [4.69, 9.17) is 4.52 Å². The molecule has 0 aliphatic heterocycles. The van der Waals surface area contributed by atoms with Gasteiger partial charge in [0, 0.05) is 12.6 Å². The highest BCUT2D eigenvalue weighted by molar-refractivity contribution is 5.78. The van der Waals surface area contributed by atoms with Crippen LogP contribution in [0.3, 0.4) is 0 Å². The Kier molecular flexibility index (Phi) is 4.50. The van der Waals surface area contributed by atoms with Crippen molar-refractivity contribution in [1.29, 1.82) is 0 Å². The van der Waals surface area contributed by atoms with Gasteiger partial charge in [-0.3, -0.25) is 4.79 Å². The number of hydrogen-bond acceptors (Lipinski definition) is 3. The predicted molar refractivity (Wildman–Crippen MR) is 73.4 cm³/mol. The van der Waals surface area contributed by atoms with Crippen LogP contribution in [0.4, 0.5) is 4.39 Å². The van der Waals surface area contributed by atoms with Crippen LogP contribution < -0.4 is 5.32 Å². The van der Waals surface area contributed by atoms with Crippen LogP contribution in [0.1, 0.15) is 19.5 Å². The van der Waals surface area contributed by atoms with Crippen molar-refractivity contribution in [3.8, 4) is 11.3 Å². The number of carbonyl (C=O) groups is 1. The molecule has 4 nitrogen and oxygen atoms in total. The zero-order valence-corrected chi connectivity index (χ0v) is 11.5. The Morgan fingerprint density at radius 2 is 2.15 bits per heavy atom. The molecule has 1 heterocycles. The van der Waals surface area contributed by atoms with Crippen molar-refractivity contribution in [2.45, 2.75) is 20.3 Å². The van der Waals surface area contributed by atoms with Gasteiger partial charge in [0.25, 0.3) is 0 Å². The molecule has 0 spiro atoms. The third kappa shape index (κ3) is 3.66. The molecule has 0 unspecified atom stereocenters. The van der Waals surface area contributed by atoms with Crippen LogP contribution in [0.5, 0.6) is 0 Å². The molecule has 0 aliphatic carbocycles. The first-order valence-corrected chi connectivity index (χ1v) is 6.53. The number of benzene rings is 1. The minimum absolute atomic E-state index is 0.118.